The molecule has 5 heteroatoms. The Balaban J connectivity index is 2.67. The average molecular weight is 293 g/mol. The number of carbonyl (C=O) groups excluding carboxylic acids is 1. The minimum Gasteiger partial charge on any atom is -0.341 e. The first-order valence-electron chi connectivity index (χ1n) is 6.65. The lowest BCUT2D eigenvalue weighted by Crippen LogP contribution is -2.29. The minimum atomic E-state index is 0.0673. The van der Waals surface area contributed by atoms with Crippen molar-refractivity contribution in [2.45, 2.75) is 13.3 Å². The predicted octanol–water partition coefficient (Wildman–Crippen LogP) is 1.39. The summed E-state index contributed by atoms with van der Waals surface area (Å²) in [5.74, 6) is 5.91. The lowest BCUT2D eigenvalue weighted by atomic mass is 10.2. The maximum Gasteiger partial charge on any atom is 0.263 e. The fourth-order valence-corrected chi connectivity index (χ4v) is 2.80. The monoisotopic (exact) mass is 293 g/mol. The van der Waals surface area contributed by atoms with Crippen molar-refractivity contribution in [3.8, 4) is 11.8 Å². The summed E-state index contributed by atoms with van der Waals surface area (Å²) in [6.07, 6.45) is 0.972. The van der Waals surface area contributed by atoms with Crippen LogP contribution in [0.3, 0.4) is 0 Å². The molecular formula is C15H23N3OS. The Morgan fingerprint density at radius 2 is 2.05 bits per heavy atom. The van der Waals surface area contributed by atoms with E-state index < -0.39 is 0 Å². The van der Waals surface area contributed by atoms with Crippen molar-refractivity contribution in [3.63, 3.8) is 0 Å². The topological polar surface area (TPSA) is 49.6 Å². The Bertz CT molecular complexity index is 511. The van der Waals surface area contributed by atoms with Gasteiger partial charge in [-0.2, -0.15) is 0 Å². The molecule has 1 rings (SSSR count). The van der Waals surface area contributed by atoms with Crippen molar-refractivity contribution in [3.05, 3.63) is 21.4 Å². The number of thiophene rings is 1. The van der Waals surface area contributed by atoms with Gasteiger partial charge >= 0.3 is 0 Å². The Hall–Kier alpha value is -1.35. The van der Waals surface area contributed by atoms with Gasteiger partial charge < -0.3 is 15.5 Å². The number of hydrogen-bond donors (Lipinski definition) is 1. The zero-order valence-corrected chi connectivity index (χ0v) is 13.5. The maximum absolute atomic E-state index is 12.3. The number of nitrogens with two attached hydrogens (primary N) is 1. The summed E-state index contributed by atoms with van der Waals surface area (Å²) < 4.78 is 0. The van der Waals surface area contributed by atoms with Crippen LogP contribution in [-0.4, -0.2) is 56.5 Å². The van der Waals surface area contributed by atoms with Crippen LogP contribution in [0, 0.1) is 18.8 Å². The van der Waals surface area contributed by atoms with Gasteiger partial charge in [0.2, 0.25) is 0 Å². The quantitative estimate of drug-likeness (QED) is 0.835. The molecule has 20 heavy (non-hydrogen) atoms. The molecule has 4 nitrogen and oxygen atoms in total. The molecule has 1 aromatic heterocycles. The number of hydrogen-bond acceptors (Lipinski definition) is 4. The molecule has 0 saturated heterocycles. The number of nitrogens with zero attached hydrogens (tertiary/aromatic N) is 2. The molecule has 0 saturated carbocycles. The molecule has 0 bridgehead atoms. The van der Waals surface area contributed by atoms with Crippen molar-refractivity contribution < 1.29 is 4.79 Å². The molecule has 0 fully saturated rings. The van der Waals surface area contributed by atoms with Crippen LogP contribution in [0.1, 0.15) is 26.5 Å². The van der Waals surface area contributed by atoms with E-state index in [2.05, 4.69) is 16.7 Å². The van der Waals surface area contributed by atoms with Crippen molar-refractivity contribution >= 4 is 17.2 Å². The zero-order valence-electron chi connectivity index (χ0n) is 12.7. The standard InChI is InChI=1S/C15H23N3OS/c1-12-11-14(20-13(12)7-5-8-16)15(19)18(4)10-6-9-17(2)3/h11H,6,8-10,16H2,1-4H3. The Labute approximate surface area is 125 Å². The summed E-state index contributed by atoms with van der Waals surface area (Å²) in [4.78, 5) is 17.9. The van der Waals surface area contributed by atoms with Crippen LogP contribution in [0.15, 0.2) is 6.07 Å². The Morgan fingerprint density at radius 1 is 1.35 bits per heavy atom. The second-order valence-corrected chi connectivity index (χ2v) is 6.06. The van der Waals surface area contributed by atoms with Crippen molar-refractivity contribution in [1.82, 2.24) is 9.80 Å². The highest BCUT2D eigenvalue weighted by Crippen LogP contribution is 2.22. The van der Waals surface area contributed by atoms with Crippen LogP contribution >= 0.6 is 11.3 Å². The molecule has 1 amide bonds. The highest BCUT2D eigenvalue weighted by molar-refractivity contribution is 7.14. The van der Waals surface area contributed by atoms with Gasteiger partial charge in [0.1, 0.15) is 0 Å². The first kappa shape index (κ1) is 16.7. The predicted molar refractivity (Wildman–Crippen MR) is 85.1 cm³/mol. The normalized spacial score (nSPS) is 10.3. The van der Waals surface area contributed by atoms with Crippen LogP contribution in [-0.2, 0) is 0 Å². The molecule has 0 spiro atoms. The summed E-state index contributed by atoms with van der Waals surface area (Å²) in [6, 6.07) is 1.91. The van der Waals surface area contributed by atoms with Gasteiger partial charge in [-0.15, -0.1) is 11.3 Å². The molecule has 1 heterocycles. The lowest BCUT2D eigenvalue weighted by molar-refractivity contribution is 0.0795. The molecule has 0 unspecified atom stereocenters. The Kier molecular flexibility index (Phi) is 6.73. The van der Waals surface area contributed by atoms with Gasteiger partial charge in [0.05, 0.1) is 16.3 Å². The largest absolute Gasteiger partial charge is 0.341 e. The van der Waals surface area contributed by atoms with Gasteiger partial charge in [-0.3, -0.25) is 4.79 Å². The number of amides is 1. The second kappa shape index (κ2) is 8.05. The number of rotatable bonds is 5. The average Bonchev–Trinajstić information content (AvgIpc) is 2.76. The molecule has 0 aromatic carbocycles. The van der Waals surface area contributed by atoms with E-state index in [1.807, 2.05) is 34.1 Å². The highest BCUT2D eigenvalue weighted by atomic mass is 32.1. The van der Waals surface area contributed by atoms with E-state index in [-0.39, 0.29) is 5.91 Å². The SMILES string of the molecule is Cc1cc(C(=O)N(C)CCCN(C)C)sc1C#CCN. The Morgan fingerprint density at radius 3 is 2.65 bits per heavy atom. The van der Waals surface area contributed by atoms with E-state index in [0.29, 0.717) is 6.54 Å². The van der Waals surface area contributed by atoms with Crippen molar-refractivity contribution in [1.29, 1.82) is 0 Å². The van der Waals surface area contributed by atoms with Gasteiger partial charge in [-0.05, 0) is 45.6 Å². The van der Waals surface area contributed by atoms with E-state index in [1.165, 1.54) is 11.3 Å². The first-order valence-corrected chi connectivity index (χ1v) is 7.47. The van der Waals surface area contributed by atoms with E-state index in [1.54, 1.807) is 4.90 Å². The summed E-state index contributed by atoms with van der Waals surface area (Å²) in [5.41, 5.74) is 6.41. The minimum absolute atomic E-state index is 0.0673. The zero-order chi connectivity index (χ0) is 15.1. The fraction of sp³-hybridized carbons (Fsp3) is 0.533. The van der Waals surface area contributed by atoms with Crippen LogP contribution < -0.4 is 5.73 Å². The molecular weight excluding hydrogens is 270 g/mol. The molecule has 2 N–H and O–H groups in total. The van der Waals surface area contributed by atoms with Crippen LogP contribution in [0.5, 0.6) is 0 Å². The third-order valence-corrected chi connectivity index (χ3v) is 4.02. The van der Waals surface area contributed by atoms with Crippen molar-refractivity contribution in [2.24, 2.45) is 5.73 Å². The number of carbonyl (C=O) groups is 1. The van der Waals surface area contributed by atoms with E-state index in [4.69, 9.17) is 5.73 Å². The van der Waals surface area contributed by atoms with E-state index in [0.717, 1.165) is 34.8 Å². The van der Waals surface area contributed by atoms with Gasteiger partial charge in [0.15, 0.2) is 0 Å². The molecule has 0 atom stereocenters. The lowest BCUT2D eigenvalue weighted by Gasteiger charge is -2.17. The van der Waals surface area contributed by atoms with Crippen molar-refractivity contribution in [2.75, 3.05) is 40.8 Å². The third-order valence-electron chi connectivity index (χ3n) is 2.88. The number of aryl methyl sites for hydroxylation is 1. The second-order valence-electron chi connectivity index (χ2n) is 5.01. The highest BCUT2D eigenvalue weighted by Gasteiger charge is 2.15. The van der Waals surface area contributed by atoms with Crippen LogP contribution in [0.25, 0.3) is 0 Å². The van der Waals surface area contributed by atoms with Gasteiger partial charge in [-0.25, -0.2) is 0 Å². The molecule has 1 aromatic rings. The first-order chi connectivity index (χ1) is 9.45. The maximum atomic E-state index is 12.3. The van der Waals surface area contributed by atoms with E-state index in [9.17, 15) is 4.79 Å². The molecule has 0 aliphatic heterocycles. The third kappa shape index (κ3) is 4.97. The molecule has 110 valence electrons. The smallest absolute Gasteiger partial charge is 0.263 e. The molecule has 0 aliphatic rings. The van der Waals surface area contributed by atoms with Crippen LogP contribution in [0.2, 0.25) is 0 Å². The summed E-state index contributed by atoms with van der Waals surface area (Å²) in [7, 11) is 5.91. The fourth-order valence-electron chi connectivity index (χ4n) is 1.76. The van der Waals surface area contributed by atoms with Gasteiger partial charge in [0.25, 0.3) is 5.91 Å². The summed E-state index contributed by atoms with van der Waals surface area (Å²) in [5, 5.41) is 0. The summed E-state index contributed by atoms with van der Waals surface area (Å²) >= 11 is 1.44. The summed E-state index contributed by atoms with van der Waals surface area (Å²) in [6.45, 7) is 4.05. The van der Waals surface area contributed by atoms with Gasteiger partial charge in [-0.1, -0.05) is 11.8 Å². The molecule has 0 aliphatic carbocycles. The van der Waals surface area contributed by atoms with E-state index >= 15 is 0 Å². The molecule has 0 radical (unpaired) electrons. The van der Waals surface area contributed by atoms with Gasteiger partial charge in [0, 0.05) is 13.6 Å². The van der Waals surface area contributed by atoms with Crippen LogP contribution in [0.4, 0.5) is 0 Å².